The summed E-state index contributed by atoms with van der Waals surface area (Å²) in [5, 5.41) is 3.69. The van der Waals surface area contributed by atoms with Crippen LogP contribution in [0.2, 0.25) is 0 Å². The van der Waals surface area contributed by atoms with Crippen molar-refractivity contribution in [2.45, 2.75) is 38.1 Å². The first-order valence-corrected chi connectivity index (χ1v) is 7.96. The maximum atomic E-state index is 5.77. The highest BCUT2D eigenvalue weighted by molar-refractivity contribution is 9.10. The van der Waals surface area contributed by atoms with E-state index in [1.54, 1.807) is 0 Å². The molecule has 3 rings (SSSR count). The lowest BCUT2D eigenvalue weighted by atomic mass is 9.77. The van der Waals surface area contributed by atoms with Crippen LogP contribution in [0.5, 0.6) is 0 Å². The first-order valence-electron chi connectivity index (χ1n) is 7.16. The zero-order valence-electron chi connectivity index (χ0n) is 11.2. The minimum absolute atomic E-state index is 0.253. The lowest BCUT2D eigenvalue weighted by molar-refractivity contribution is -0.00739. The predicted molar refractivity (Wildman–Crippen MR) is 79.2 cm³/mol. The summed E-state index contributed by atoms with van der Waals surface area (Å²) >= 11 is 3.51. The molecule has 1 unspecified atom stereocenters. The van der Waals surface area contributed by atoms with Gasteiger partial charge in [0.15, 0.2) is 0 Å². The molecule has 2 fully saturated rings. The molecule has 1 saturated carbocycles. The van der Waals surface area contributed by atoms with E-state index in [9.17, 15) is 0 Å². The maximum absolute atomic E-state index is 5.77. The van der Waals surface area contributed by atoms with Crippen molar-refractivity contribution in [3.05, 3.63) is 28.5 Å². The van der Waals surface area contributed by atoms with E-state index in [2.05, 4.69) is 32.3 Å². The number of pyridine rings is 1. The van der Waals surface area contributed by atoms with E-state index in [0.717, 1.165) is 36.7 Å². The van der Waals surface area contributed by atoms with Crippen molar-refractivity contribution in [3.8, 4) is 0 Å². The molecule has 0 aromatic carbocycles. The van der Waals surface area contributed by atoms with Crippen molar-refractivity contribution in [1.82, 2.24) is 10.3 Å². The number of aromatic nitrogens is 1. The summed E-state index contributed by atoms with van der Waals surface area (Å²) in [4.78, 5) is 4.28. The molecule has 2 heterocycles. The molecule has 1 N–H and O–H groups in total. The number of rotatable bonds is 5. The van der Waals surface area contributed by atoms with Crippen molar-refractivity contribution in [2.24, 2.45) is 5.41 Å². The SMILES string of the molecule is Brc1cncc(CC2(CNC3CC3)CCCOC2)c1. The van der Waals surface area contributed by atoms with Gasteiger partial charge < -0.3 is 10.1 Å². The second kappa shape index (κ2) is 5.90. The molecule has 1 saturated heterocycles. The first kappa shape index (κ1) is 13.5. The van der Waals surface area contributed by atoms with Crippen molar-refractivity contribution >= 4 is 15.9 Å². The third-order valence-electron chi connectivity index (χ3n) is 4.09. The van der Waals surface area contributed by atoms with Crippen LogP contribution in [-0.4, -0.2) is 30.8 Å². The number of halogens is 1. The molecule has 2 aliphatic rings. The summed E-state index contributed by atoms with van der Waals surface area (Å²) in [6, 6.07) is 2.94. The summed E-state index contributed by atoms with van der Waals surface area (Å²) in [7, 11) is 0. The highest BCUT2D eigenvalue weighted by Crippen LogP contribution is 2.33. The second-order valence-electron chi connectivity index (χ2n) is 6.00. The molecular formula is C15H21BrN2O. The zero-order valence-corrected chi connectivity index (χ0v) is 12.8. The molecule has 1 atom stereocenters. The topological polar surface area (TPSA) is 34.2 Å². The summed E-state index contributed by atoms with van der Waals surface area (Å²) in [5.74, 6) is 0. The summed E-state index contributed by atoms with van der Waals surface area (Å²) in [6.07, 6.45) is 9.99. The van der Waals surface area contributed by atoms with Gasteiger partial charge in [-0.3, -0.25) is 4.98 Å². The zero-order chi connectivity index (χ0) is 13.1. The molecule has 0 amide bonds. The number of hydrogen-bond acceptors (Lipinski definition) is 3. The van der Waals surface area contributed by atoms with E-state index >= 15 is 0 Å². The average Bonchev–Trinajstić information content (AvgIpc) is 3.22. The molecule has 0 radical (unpaired) electrons. The Balaban J connectivity index is 1.69. The normalized spacial score (nSPS) is 27.4. The Bertz CT molecular complexity index is 428. The summed E-state index contributed by atoms with van der Waals surface area (Å²) in [6.45, 7) is 2.87. The molecule has 0 bridgehead atoms. The van der Waals surface area contributed by atoms with Crippen LogP contribution in [0.4, 0.5) is 0 Å². The maximum Gasteiger partial charge on any atom is 0.0537 e. The van der Waals surface area contributed by atoms with Crippen LogP contribution in [0.15, 0.2) is 22.9 Å². The molecule has 1 aromatic heterocycles. The van der Waals surface area contributed by atoms with Gasteiger partial charge in [-0.25, -0.2) is 0 Å². The van der Waals surface area contributed by atoms with Gasteiger partial charge in [0.1, 0.15) is 0 Å². The summed E-state index contributed by atoms with van der Waals surface area (Å²) < 4.78 is 6.83. The fourth-order valence-corrected chi connectivity index (χ4v) is 3.30. The van der Waals surface area contributed by atoms with E-state index in [1.165, 1.54) is 31.2 Å². The number of ether oxygens (including phenoxy) is 1. The molecule has 1 aliphatic carbocycles. The third-order valence-corrected chi connectivity index (χ3v) is 4.52. The summed E-state index contributed by atoms with van der Waals surface area (Å²) in [5.41, 5.74) is 1.56. The van der Waals surface area contributed by atoms with Gasteiger partial charge in [-0.2, -0.15) is 0 Å². The highest BCUT2D eigenvalue weighted by Gasteiger charge is 2.35. The lowest BCUT2D eigenvalue weighted by Gasteiger charge is -2.37. The van der Waals surface area contributed by atoms with E-state index in [1.807, 2.05) is 12.4 Å². The van der Waals surface area contributed by atoms with E-state index < -0.39 is 0 Å². The molecular weight excluding hydrogens is 304 g/mol. The molecule has 19 heavy (non-hydrogen) atoms. The Kier molecular flexibility index (Phi) is 4.20. The molecule has 4 heteroatoms. The Morgan fingerprint density at radius 1 is 1.42 bits per heavy atom. The van der Waals surface area contributed by atoms with E-state index in [4.69, 9.17) is 4.74 Å². The fraction of sp³-hybridized carbons (Fsp3) is 0.667. The van der Waals surface area contributed by atoms with Crippen molar-refractivity contribution < 1.29 is 4.74 Å². The van der Waals surface area contributed by atoms with Crippen LogP contribution < -0.4 is 5.32 Å². The molecule has 1 aliphatic heterocycles. The van der Waals surface area contributed by atoms with Crippen molar-refractivity contribution in [3.63, 3.8) is 0 Å². The number of hydrogen-bond donors (Lipinski definition) is 1. The third kappa shape index (κ3) is 3.77. The van der Waals surface area contributed by atoms with E-state index in [0.29, 0.717) is 0 Å². The van der Waals surface area contributed by atoms with Gasteiger partial charge in [-0.15, -0.1) is 0 Å². The van der Waals surface area contributed by atoms with Crippen LogP contribution in [0.1, 0.15) is 31.2 Å². The predicted octanol–water partition coefficient (Wildman–Crippen LogP) is 2.94. The molecule has 3 nitrogen and oxygen atoms in total. The largest absolute Gasteiger partial charge is 0.381 e. The number of nitrogens with one attached hydrogen (secondary N) is 1. The smallest absolute Gasteiger partial charge is 0.0537 e. The lowest BCUT2D eigenvalue weighted by Crippen LogP contribution is -2.43. The minimum Gasteiger partial charge on any atom is -0.381 e. The Morgan fingerprint density at radius 2 is 2.32 bits per heavy atom. The first-order chi connectivity index (χ1) is 9.26. The van der Waals surface area contributed by atoms with Crippen LogP contribution >= 0.6 is 15.9 Å². The van der Waals surface area contributed by atoms with Gasteiger partial charge in [0.2, 0.25) is 0 Å². The second-order valence-corrected chi connectivity index (χ2v) is 6.92. The van der Waals surface area contributed by atoms with Gasteiger partial charge in [0, 0.05) is 41.5 Å². The average molecular weight is 325 g/mol. The molecule has 0 spiro atoms. The van der Waals surface area contributed by atoms with Crippen LogP contribution in [0.25, 0.3) is 0 Å². The fourth-order valence-electron chi connectivity index (χ4n) is 2.89. The van der Waals surface area contributed by atoms with Crippen molar-refractivity contribution in [2.75, 3.05) is 19.8 Å². The monoisotopic (exact) mass is 324 g/mol. The van der Waals surface area contributed by atoms with E-state index in [-0.39, 0.29) is 5.41 Å². The van der Waals surface area contributed by atoms with Gasteiger partial charge in [-0.1, -0.05) is 0 Å². The van der Waals surface area contributed by atoms with Crippen LogP contribution in [0, 0.1) is 5.41 Å². The minimum atomic E-state index is 0.253. The molecule has 1 aromatic rings. The Labute approximate surface area is 123 Å². The van der Waals surface area contributed by atoms with Crippen LogP contribution in [0.3, 0.4) is 0 Å². The van der Waals surface area contributed by atoms with Crippen LogP contribution in [-0.2, 0) is 11.2 Å². The Morgan fingerprint density at radius 3 is 3.00 bits per heavy atom. The van der Waals surface area contributed by atoms with Gasteiger partial charge in [-0.05, 0) is 59.7 Å². The quantitative estimate of drug-likeness (QED) is 0.904. The highest BCUT2D eigenvalue weighted by atomic mass is 79.9. The standard InChI is InChI=1S/C15H21BrN2O/c16-13-6-12(8-17-9-13)7-15(4-1-5-19-11-15)10-18-14-2-3-14/h6,8-9,14,18H,1-5,7,10-11H2. The van der Waals surface area contributed by atoms with Gasteiger partial charge in [0.25, 0.3) is 0 Å². The molecule has 104 valence electrons. The Hall–Kier alpha value is -0.450. The van der Waals surface area contributed by atoms with Gasteiger partial charge >= 0.3 is 0 Å². The number of nitrogens with zero attached hydrogens (tertiary/aromatic N) is 1. The van der Waals surface area contributed by atoms with Crippen molar-refractivity contribution in [1.29, 1.82) is 0 Å². The van der Waals surface area contributed by atoms with Gasteiger partial charge in [0.05, 0.1) is 6.61 Å².